The highest BCUT2D eigenvalue weighted by Gasteiger charge is 2.24. The van der Waals surface area contributed by atoms with Crippen LogP contribution in [0.5, 0.6) is 11.5 Å². The lowest BCUT2D eigenvalue weighted by Gasteiger charge is -2.17. The molecule has 0 aliphatic rings. The van der Waals surface area contributed by atoms with Crippen LogP contribution in [0.25, 0.3) is 0 Å². The highest BCUT2D eigenvalue weighted by atomic mass is 32.1. The summed E-state index contributed by atoms with van der Waals surface area (Å²) in [5.41, 5.74) is 0.359. The topological polar surface area (TPSA) is 73.3 Å². The number of nitrogens with zero attached hydrogens (tertiary/aromatic N) is 2. The number of rotatable bonds is 6. The van der Waals surface area contributed by atoms with Gasteiger partial charge in [-0.3, -0.25) is 10.1 Å². The minimum absolute atomic E-state index is 0.0571. The van der Waals surface area contributed by atoms with Gasteiger partial charge in [-0.1, -0.05) is 32.1 Å². The van der Waals surface area contributed by atoms with E-state index in [1.807, 2.05) is 0 Å². The van der Waals surface area contributed by atoms with E-state index in [-0.39, 0.29) is 11.3 Å². The zero-order chi connectivity index (χ0) is 17.0. The molecule has 1 amide bonds. The number of hydrogen-bond donors (Lipinski definition) is 1. The second-order valence-electron chi connectivity index (χ2n) is 5.67. The van der Waals surface area contributed by atoms with Gasteiger partial charge in [0.15, 0.2) is 0 Å². The molecule has 23 heavy (non-hydrogen) atoms. The maximum absolute atomic E-state index is 12.4. The smallest absolute Gasteiger partial charge is 0.261 e. The minimum atomic E-state index is -0.290. The number of nitrogens with one attached hydrogen (secondary N) is 1. The van der Waals surface area contributed by atoms with Gasteiger partial charge in [-0.25, -0.2) is 0 Å². The average Bonchev–Trinajstić information content (AvgIpc) is 3.03. The molecule has 0 unspecified atom stereocenters. The van der Waals surface area contributed by atoms with E-state index in [4.69, 9.17) is 9.47 Å². The molecule has 0 fully saturated rings. The molecule has 0 atom stereocenters. The molecule has 124 valence electrons. The van der Waals surface area contributed by atoms with Crippen molar-refractivity contribution >= 4 is 22.4 Å². The predicted octanol–water partition coefficient (Wildman–Crippen LogP) is 3.50. The summed E-state index contributed by atoms with van der Waals surface area (Å²) in [5.74, 6) is 0.781. The van der Waals surface area contributed by atoms with Gasteiger partial charge in [0.1, 0.15) is 16.5 Å². The van der Waals surface area contributed by atoms with Crippen molar-refractivity contribution in [3.8, 4) is 11.5 Å². The second kappa shape index (κ2) is 6.95. The van der Waals surface area contributed by atoms with Crippen molar-refractivity contribution in [3.05, 3.63) is 28.8 Å². The molecule has 0 spiro atoms. The van der Waals surface area contributed by atoms with Crippen molar-refractivity contribution in [1.82, 2.24) is 10.2 Å². The van der Waals surface area contributed by atoms with E-state index in [1.54, 1.807) is 25.3 Å². The van der Waals surface area contributed by atoms with Crippen LogP contribution in [-0.2, 0) is 5.41 Å². The fourth-order valence-corrected chi connectivity index (χ4v) is 2.76. The molecule has 6 nitrogen and oxygen atoms in total. The Kier molecular flexibility index (Phi) is 5.20. The van der Waals surface area contributed by atoms with Gasteiger partial charge in [0.25, 0.3) is 5.91 Å². The van der Waals surface area contributed by atoms with Crippen LogP contribution in [0.4, 0.5) is 5.13 Å². The summed E-state index contributed by atoms with van der Waals surface area (Å²) < 4.78 is 10.4. The van der Waals surface area contributed by atoms with Gasteiger partial charge < -0.3 is 9.47 Å². The van der Waals surface area contributed by atoms with E-state index in [2.05, 4.69) is 36.3 Å². The van der Waals surface area contributed by atoms with E-state index in [1.165, 1.54) is 18.4 Å². The van der Waals surface area contributed by atoms with Crippen LogP contribution in [0.3, 0.4) is 0 Å². The first kappa shape index (κ1) is 17.2. The quantitative estimate of drug-likeness (QED) is 0.874. The van der Waals surface area contributed by atoms with E-state index in [9.17, 15) is 4.79 Å². The van der Waals surface area contributed by atoms with Crippen molar-refractivity contribution in [2.75, 3.05) is 19.5 Å². The Morgan fingerprint density at radius 1 is 1.26 bits per heavy atom. The van der Waals surface area contributed by atoms with Gasteiger partial charge >= 0.3 is 0 Å². The Labute approximate surface area is 139 Å². The molecule has 0 radical (unpaired) electrons. The third kappa shape index (κ3) is 3.79. The number of benzene rings is 1. The number of carbonyl (C=O) groups is 1. The second-order valence-corrected chi connectivity index (χ2v) is 6.65. The summed E-state index contributed by atoms with van der Waals surface area (Å²) in [5, 5.41) is 12.4. The molecule has 0 saturated carbocycles. The third-order valence-corrected chi connectivity index (χ3v) is 4.97. The summed E-state index contributed by atoms with van der Waals surface area (Å²) in [6, 6.07) is 5.04. The number of hydrogen-bond acceptors (Lipinski definition) is 6. The van der Waals surface area contributed by atoms with Crippen LogP contribution in [0.15, 0.2) is 18.2 Å². The molecule has 0 aliphatic carbocycles. The van der Waals surface area contributed by atoms with Gasteiger partial charge in [-0.05, 0) is 18.6 Å². The molecule has 1 aromatic heterocycles. The van der Waals surface area contributed by atoms with Gasteiger partial charge in [0.05, 0.1) is 19.8 Å². The van der Waals surface area contributed by atoms with Crippen LogP contribution >= 0.6 is 11.3 Å². The minimum Gasteiger partial charge on any atom is -0.497 e. The van der Waals surface area contributed by atoms with E-state index in [0.29, 0.717) is 22.2 Å². The van der Waals surface area contributed by atoms with Gasteiger partial charge in [0, 0.05) is 11.5 Å². The lowest BCUT2D eigenvalue weighted by molar-refractivity contribution is 0.102. The molecule has 1 N–H and O–H groups in total. The van der Waals surface area contributed by atoms with Crippen LogP contribution < -0.4 is 14.8 Å². The molecule has 2 rings (SSSR count). The normalized spacial score (nSPS) is 11.2. The maximum atomic E-state index is 12.4. The van der Waals surface area contributed by atoms with Crippen LogP contribution in [0.1, 0.15) is 42.6 Å². The predicted molar refractivity (Wildman–Crippen MR) is 90.7 cm³/mol. The van der Waals surface area contributed by atoms with Gasteiger partial charge in [-0.2, -0.15) is 0 Å². The largest absolute Gasteiger partial charge is 0.497 e. The lowest BCUT2D eigenvalue weighted by atomic mass is 9.91. The van der Waals surface area contributed by atoms with E-state index in [0.717, 1.165) is 11.4 Å². The number of methoxy groups -OCH3 is 2. The molecule has 2 aromatic rings. The zero-order valence-corrected chi connectivity index (χ0v) is 14.8. The molecule has 0 saturated heterocycles. The highest BCUT2D eigenvalue weighted by Crippen LogP contribution is 2.31. The van der Waals surface area contributed by atoms with Crippen molar-refractivity contribution in [1.29, 1.82) is 0 Å². The highest BCUT2D eigenvalue weighted by molar-refractivity contribution is 7.15. The van der Waals surface area contributed by atoms with Gasteiger partial charge in [0.2, 0.25) is 5.13 Å². The van der Waals surface area contributed by atoms with E-state index >= 15 is 0 Å². The number of carbonyl (C=O) groups excluding carboxylic acids is 1. The van der Waals surface area contributed by atoms with Crippen LogP contribution in [0.2, 0.25) is 0 Å². The number of ether oxygens (including phenoxy) is 2. The molecule has 1 aromatic carbocycles. The lowest BCUT2D eigenvalue weighted by Crippen LogP contribution is -2.14. The molecular formula is C16H21N3O3S. The first-order valence-electron chi connectivity index (χ1n) is 7.28. The third-order valence-electron chi connectivity index (χ3n) is 3.76. The van der Waals surface area contributed by atoms with Crippen molar-refractivity contribution < 1.29 is 14.3 Å². The zero-order valence-electron chi connectivity index (χ0n) is 14.0. The Hall–Kier alpha value is -2.15. The Morgan fingerprint density at radius 3 is 2.61 bits per heavy atom. The van der Waals surface area contributed by atoms with Crippen LogP contribution in [-0.4, -0.2) is 30.3 Å². The summed E-state index contributed by atoms with van der Waals surface area (Å²) in [7, 11) is 3.07. The molecule has 1 heterocycles. The summed E-state index contributed by atoms with van der Waals surface area (Å²) in [4.78, 5) is 12.4. The standard InChI is InChI=1S/C16H21N3O3S/c1-6-16(2,3)14-18-19-15(23-14)17-13(20)11-8-7-10(21-4)9-12(11)22-5/h7-9H,6H2,1-5H3,(H,17,19,20). The Morgan fingerprint density at radius 2 is 2.00 bits per heavy atom. The molecule has 0 aliphatic heterocycles. The fraction of sp³-hybridized carbons (Fsp3) is 0.438. The molecule has 7 heteroatoms. The maximum Gasteiger partial charge on any atom is 0.261 e. The van der Waals surface area contributed by atoms with E-state index < -0.39 is 0 Å². The summed E-state index contributed by atoms with van der Waals surface area (Å²) >= 11 is 1.39. The summed E-state index contributed by atoms with van der Waals surface area (Å²) in [6.07, 6.45) is 0.946. The Bertz CT molecular complexity index is 698. The number of amides is 1. The number of aromatic nitrogens is 2. The molecular weight excluding hydrogens is 314 g/mol. The monoisotopic (exact) mass is 335 g/mol. The summed E-state index contributed by atoms with van der Waals surface area (Å²) in [6.45, 7) is 6.30. The van der Waals surface area contributed by atoms with Gasteiger partial charge in [-0.15, -0.1) is 10.2 Å². The van der Waals surface area contributed by atoms with Crippen molar-refractivity contribution in [2.45, 2.75) is 32.6 Å². The number of anilines is 1. The Balaban J connectivity index is 2.20. The van der Waals surface area contributed by atoms with Crippen molar-refractivity contribution in [3.63, 3.8) is 0 Å². The SMILES string of the molecule is CCC(C)(C)c1nnc(NC(=O)c2ccc(OC)cc2OC)s1. The first-order valence-corrected chi connectivity index (χ1v) is 8.10. The van der Waals surface area contributed by atoms with Crippen molar-refractivity contribution in [2.24, 2.45) is 0 Å². The van der Waals surface area contributed by atoms with Crippen LogP contribution in [0, 0.1) is 0 Å². The molecule has 0 bridgehead atoms. The fourth-order valence-electron chi connectivity index (χ4n) is 1.85. The first-order chi connectivity index (χ1) is 10.9. The average molecular weight is 335 g/mol.